The highest BCUT2D eigenvalue weighted by atomic mass is 16.6. The average molecular weight is 531 g/mol. The lowest BCUT2D eigenvalue weighted by Gasteiger charge is -2.36. The van der Waals surface area contributed by atoms with Crippen molar-refractivity contribution in [1.82, 2.24) is 9.80 Å². The molecule has 3 aliphatic heterocycles. The first-order valence-electron chi connectivity index (χ1n) is 11.8. The topological polar surface area (TPSA) is 153 Å². The highest BCUT2D eigenvalue weighted by Crippen LogP contribution is 2.48. The van der Waals surface area contributed by atoms with Gasteiger partial charge in [-0.3, -0.25) is 39.0 Å². The van der Waals surface area contributed by atoms with Crippen molar-refractivity contribution in [2.75, 3.05) is 14.2 Å². The van der Waals surface area contributed by atoms with Crippen LogP contribution in [0.3, 0.4) is 0 Å². The maximum atomic E-state index is 13.5. The van der Waals surface area contributed by atoms with Crippen LogP contribution < -0.4 is 0 Å². The molecular formula is C27H21N3O9. The molecule has 39 heavy (non-hydrogen) atoms. The first-order chi connectivity index (χ1) is 18.6. The van der Waals surface area contributed by atoms with Crippen molar-refractivity contribution in [2.24, 2.45) is 5.41 Å². The van der Waals surface area contributed by atoms with Crippen LogP contribution in [0.15, 0.2) is 72.5 Å². The summed E-state index contributed by atoms with van der Waals surface area (Å²) in [5, 5.41) is 11.3. The van der Waals surface area contributed by atoms with Gasteiger partial charge in [0, 0.05) is 35.9 Å². The molecule has 0 saturated carbocycles. The number of fused-ring (bicyclic) bond motifs is 2. The van der Waals surface area contributed by atoms with E-state index in [1.165, 1.54) is 29.3 Å². The second-order valence-corrected chi connectivity index (χ2v) is 9.14. The Balaban J connectivity index is 1.63. The van der Waals surface area contributed by atoms with Gasteiger partial charge in [-0.2, -0.15) is 0 Å². The van der Waals surface area contributed by atoms with Crippen molar-refractivity contribution in [2.45, 2.75) is 18.6 Å². The lowest BCUT2D eigenvalue weighted by atomic mass is 9.78. The molecule has 0 aliphatic carbocycles. The number of carbonyl (C=O) groups is 5. The van der Waals surface area contributed by atoms with Gasteiger partial charge < -0.3 is 14.4 Å². The number of hydrogen-bond donors (Lipinski definition) is 0. The van der Waals surface area contributed by atoms with E-state index in [2.05, 4.69) is 0 Å². The molecule has 0 N–H and O–H groups in total. The van der Waals surface area contributed by atoms with Crippen LogP contribution in [-0.4, -0.2) is 70.7 Å². The predicted octanol–water partition coefficient (Wildman–Crippen LogP) is 2.26. The van der Waals surface area contributed by atoms with Gasteiger partial charge in [-0.05, 0) is 6.07 Å². The van der Waals surface area contributed by atoms with Gasteiger partial charge in [-0.15, -0.1) is 0 Å². The van der Waals surface area contributed by atoms with Gasteiger partial charge in [-0.1, -0.05) is 42.5 Å². The van der Waals surface area contributed by atoms with E-state index in [-0.39, 0.29) is 28.2 Å². The number of ether oxygens (including phenoxy) is 2. The molecule has 0 bridgehead atoms. The molecule has 3 aliphatic rings. The highest BCUT2D eigenvalue weighted by Gasteiger charge is 2.65. The zero-order valence-electron chi connectivity index (χ0n) is 20.7. The zero-order chi connectivity index (χ0) is 28.1. The molecule has 0 spiro atoms. The fraction of sp³-hybridized carbons (Fsp3) is 0.222. The second kappa shape index (κ2) is 9.31. The summed E-state index contributed by atoms with van der Waals surface area (Å²) in [5.41, 5.74) is -2.05. The molecule has 198 valence electrons. The third-order valence-corrected chi connectivity index (χ3v) is 7.23. The van der Waals surface area contributed by atoms with Gasteiger partial charge >= 0.3 is 11.9 Å². The Labute approximate surface area is 221 Å². The van der Waals surface area contributed by atoms with Gasteiger partial charge in [0.15, 0.2) is 11.2 Å². The number of carbonyl (C=O) groups excluding carboxylic acids is 5. The molecule has 12 nitrogen and oxygen atoms in total. The van der Waals surface area contributed by atoms with Crippen molar-refractivity contribution in [3.8, 4) is 0 Å². The van der Waals surface area contributed by atoms with Crippen molar-refractivity contribution in [3.05, 3.63) is 99.3 Å². The maximum absolute atomic E-state index is 13.5. The fourth-order valence-corrected chi connectivity index (χ4v) is 5.39. The van der Waals surface area contributed by atoms with Crippen LogP contribution >= 0.6 is 0 Å². The molecule has 2 aromatic rings. The van der Waals surface area contributed by atoms with Crippen molar-refractivity contribution in [1.29, 1.82) is 0 Å². The minimum Gasteiger partial charge on any atom is -0.468 e. The number of allylic oxidation sites excluding steroid dienone is 2. The van der Waals surface area contributed by atoms with E-state index >= 15 is 0 Å². The summed E-state index contributed by atoms with van der Waals surface area (Å²) in [6.45, 7) is 0. The average Bonchev–Trinajstić information content (AvgIpc) is 3.43. The summed E-state index contributed by atoms with van der Waals surface area (Å²) in [6.07, 6.45) is 2.68. The van der Waals surface area contributed by atoms with Crippen LogP contribution in [0, 0.1) is 15.5 Å². The minimum atomic E-state index is -1.98. The third kappa shape index (κ3) is 3.71. The van der Waals surface area contributed by atoms with E-state index in [0.29, 0.717) is 5.56 Å². The summed E-state index contributed by atoms with van der Waals surface area (Å²) < 4.78 is 9.94. The number of benzene rings is 2. The summed E-state index contributed by atoms with van der Waals surface area (Å²) in [5.74, 6) is -3.87. The summed E-state index contributed by atoms with van der Waals surface area (Å²) >= 11 is 0. The number of rotatable bonds is 6. The molecular weight excluding hydrogens is 510 g/mol. The Morgan fingerprint density at radius 2 is 1.62 bits per heavy atom. The summed E-state index contributed by atoms with van der Waals surface area (Å²) in [4.78, 5) is 79.3. The number of imide groups is 1. The molecule has 5 rings (SSSR count). The molecule has 1 fully saturated rings. The van der Waals surface area contributed by atoms with E-state index in [1.807, 2.05) is 0 Å². The molecule has 2 aromatic carbocycles. The molecule has 0 aromatic heterocycles. The molecule has 12 heteroatoms. The monoisotopic (exact) mass is 531 g/mol. The van der Waals surface area contributed by atoms with Crippen LogP contribution in [0.2, 0.25) is 0 Å². The maximum Gasteiger partial charge on any atom is 0.325 e. The smallest absolute Gasteiger partial charge is 0.325 e. The number of Topliss-reactive ketones (excluding diaryl/α,β-unsaturated/α-hetero) is 1. The number of amides is 2. The number of non-ortho nitro benzene ring substituents is 1. The Morgan fingerprint density at radius 1 is 0.974 bits per heavy atom. The Hall–Kier alpha value is -5.13. The lowest BCUT2D eigenvalue weighted by Crippen LogP contribution is -2.50. The lowest BCUT2D eigenvalue weighted by molar-refractivity contribution is -0.384. The molecule has 2 atom stereocenters. The molecule has 1 saturated heterocycles. The number of hydrogen-bond acceptors (Lipinski definition) is 10. The number of ketones is 1. The molecule has 0 unspecified atom stereocenters. The highest BCUT2D eigenvalue weighted by molar-refractivity contribution is 6.22. The number of methoxy groups -OCH3 is 2. The first-order valence-corrected chi connectivity index (χ1v) is 11.8. The van der Waals surface area contributed by atoms with Crippen LogP contribution in [0.25, 0.3) is 0 Å². The third-order valence-electron chi connectivity index (χ3n) is 7.23. The van der Waals surface area contributed by atoms with Crippen LogP contribution in [0.4, 0.5) is 5.69 Å². The van der Waals surface area contributed by atoms with E-state index in [9.17, 15) is 34.1 Å². The number of nitrogens with zero attached hydrogens (tertiary/aromatic N) is 3. The van der Waals surface area contributed by atoms with E-state index < -0.39 is 52.7 Å². The van der Waals surface area contributed by atoms with Gasteiger partial charge in [0.05, 0.1) is 36.3 Å². The minimum absolute atomic E-state index is 0.0621. The van der Waals surface area contributed by atoms with E-state index in [4.69, 9.17) is 9.47 Å². The van der Waals surface area contributed by atoms with Crippen LogP contribution in [0.1, 0.15) is 37.5 Å². The SMILES string of the molecule is COC(=O)C1(C(=O)OC)C[C@@H](N2C(=O)c3ccc([N+](=O)[O-])cc3C2=O)N2C=C(C(=O)c3ccccc3)C=C[C@@H]21. The first kappa shape index (κ1) is 25.5. The van der Waals surface area contributed by atoms with Crippen molar-refractivity contribution < 1.29 is 38.4 Å². The zero-order valence-corrected chi connectivity index (χ0v) is 20.7. The fourth-order valence-electron chi connectivity index (χ4n) is 5.39. The Bertz CT molecular complexity index is 1500. The van der Waals surface area contributed by atoms with Crippen molar-refractivity contribution >= 4 is 35.2 Å². The van der Waals surface area contributed by atoms with Gasteiger partial charge in [0.2, 0.25) is 0 Å². The predicted molar refractivity (Wildman–Crippen MR) is 132 cm³/mol. The second-order valence-electron chi connectivity index (χ2n) is 9.14. The van der Waals surface area contributed by atoms with Gasteiger partial charge in [0.1, 0.15) is 6.17 Å². The number of nitro benzene ring substituents is 1. The summed E-state index contributed by atoms with van der Waals surface area (Å²) in [6, 6.07) is 10.6. The van der Waals surface area contributed by atoms with E-state index in [1.54, 1.807) is 30.3 Å². The van der Waals surface area contributed by atoms with Crippen molar-refractivity contribution in [3.63, 3.8) is 0 Å². The van der Waals surface area contributed by atoms with Crippen LogP contribution in [-0.2, 0) is 19.1 Å². The molecule has 2 amide bonds. The number of nitro groups is 1. The molecule has 3 heterocycles. The van der Waals surface area contributed by atoms with E-state index in [0.717, 1.165) is 31.3 Å². The molecule has 0 radical (unpaired) electrons. The van der Waals surface area contributed by atoms with Gasteiger partial charge in [-0.25, -0.2) is 0 Å². The standard InChI is InChI=1S/C27H21N3O9/c1-38-25(34)27(26(35)39-2)13-21(29-23(32)18-10-9-17(30(36)37)12-19(18)24(29)33)28-14-16(8-11-20(27)28)22(31)15-6-4-3-5-7-15/h3-12,14,20-21H,13H2,1-2H3/t20-,21-/m1/s1. The summed E-state index contributed by atoms with van der Waals surface area (Å²) in [7, 11) is 2.19. The van der Waals surface area contributed by atoms with Crippen LogP contribution in [0.5, 0.6) is 0 Å². The Morgan fingerprint density at radius 3 is 2.23 bits per heavy atom. The normalized spacial score (nSPS) is 20.7. The number of esters is 2. The largest absolute Gasteiger partial charge is 0.468 e. The van der Waals surface area contributed by atoms with Gasteiger partial charge in [0.25, 0.3) is 17.5 Å². The quantitative estimate of drug-likeness (QED) is 0.135. The Kier molecular flexibility index (Phi) is 6.09.